The molecule has 84 valence electrons. The normalized spacial score (nSPS) is 10.5. The monoisotopic (exact) mass is 256 g/mol. The second-order valence-electron chi connectivity index (χ2n) is 3.31. The molecule has 1 N–H and O–H groups in total. The molecule has 0 saturated heterocycles. The maximum atomic E-state index is 6.10. The van der Waals surface area contributed by atoms with E-state index in [1.807, 2.05) is 13.0 Å². The van der Waals surface area contributed by atoms with Crippen molar-refractivity contribution < 1.29 is 4.42 Å². The van der Waals surface area contributed by atoms with E-state index in [0.717, 1.165) is 11.3 Å². The maximum absolute atomic E-state index is 6.10. The Labute approximate surface area is 103 Å². The molecule has 0 aliphatic heterocycles. The van der Waals surface area contributed by atoms with Crippen LogP contribution in [0.4, 0.5) is 6.01 Å². The third kappa shape index (κ3) is 2.01. The lowest BCUT2D eigenvalue weighted by Crippen LogP contribution is -1.85. The first kappa shape index (κ1) is 11.3. The molecule has 0 unspecified atom stereocenters. The summed E-state index contributed by atoms with van der Waals surface area (Å²) in [5.41, 5.74) is 1.58. The van der Waals surface area contributed by atoms with Crippen molar-refractivity contribution in [2.24, 2.45) is 0 Å². The molecular weight excluding hydrogens is 247 g/mol. The van der Waals surface area contributed by atoms with Crippen molar-refractivity contribution in [3.63, 3.8) is 0 Å². The molecule has 1 heterocycles. The number of rotatable bonds is 2. The van der Waals surface area contributed by atoms with Gasteiger partial charge in [0, 0.05) is 17.6 Å². The van der Waals surface area contributed by atoms with Crippen molar-refractivity contribution in [3.8, 4) is 11.3 Å². The van der Waals surface area contributed by atoms with E-state index in [0.29, 0.717) is 21.8 Å². The van der Waals surface area contributed by atoms with Crippen molar-refractivity contribution in [1.29, 1.82) is 0 Å². The van der Waals surface area contributed by atoms with Gasteiger partial charge < -0.3 is 9.73 Å². The predicted molar refractivity (Wildman–Crippen MR) is 66.2 cm³/mol. The van der Waals surface area contributed by atoms with Gasteiger partial charge >= 0.3 is 0 Å². The molecule has 0 aliphatic carbocycles. The molecule has 0 spiro atoms. The van der Waals surface area contributed by atoms with Crippen LogP contribution in [-0.4, -0.2) is 12.0 Å². The number of benzene rings is 1. The zero-order chi connectivity index (χ0) is 11.7. The van der Waals surface area contributed by atoms with Crippen molar-refractivity contribution in [3.05, 3.63) is 33.9 Å². The molecule has 0 saturated carbocycles. The average Bonchev–Trinajstić information content (AvgIpc) is 2.60. The Balaban J connectivity index is 2.53. The molecule has 16 heavy (non-hydrogen) atoms. The van der Waals surface area contributed by atoms with Crippen LogP contribution in [0.15, 0.2) is 22.6 Å². The van der Waals surface area contributed by atoms with Crippen molar-refractivity contribution in [1.82, 2.24) is 4.98 Å². The molecule has 0 bridgehead atoms. The Morgan fingerprint density at radius 1 is 1.31 bits per heavy atom. The molecule has 2 rings (SSSR count). The summed E-state index contributed by atoms with van der Waals surface area (Å²) in [6, 6.07) is 5.74. The predicted octanol–water partition coefficient (Wildman–Crippen LogP) is 4.00. The van der Waals surface area contributed by atoms with Crippen molar-refractivity contribution in [2.45, 2.75) is 6.92 Å². The number of aromatic nitrogens is 1. The smallest absolute Gasteiger partial charge is 0.295 e. The third-order valence-corrected chi connectivity index (χ3v) is 2.73. The topological polar surface area (TPSA) is 38.1 Å². The highest BCUT2D eigenvalue weighted by molar-refractivity contribution is 6.36. The summed E-state index contributed by atoms with van der Waals surface area (Å²) in [5.74, 6) is 0.658. The van der Waals surface area contributed by atoms with E-state index in [2.05, 4.69) is 10.3 Å². The molecule has 0 fully saturated rings. The highest BCUT2D eigenvalue weighted by atomic mass is 35.5. The fraction of sp³-hybridized carbons (Fsp3) is 0.182. The van der Waals surface area contributed by atoms with Crippen LogP contribution in [0.1, 0.15) is 5.69 Å². The number of halogens is 2. The SMILES string of the molecule is CNc1nc(C)c(-c2ccc(Cl)cc2Cl)o1. The van der Waals surface area contributed by atoms with Crippen molar-refractivity contribution in [2.75, 3.05) is 12.4 Å². The number of oxazole rings is 1. The summed E-state index contributed by atoms with van der Waals surface area (Å²) in [6.07, 6.45) is 0. The lowest BCUT2D eigenvalue weighted by molar-refractivity contribution is 0.589. The van der Waals surface area contributed by atoms with E-state index in [4.69, 9.17) is 27.6 Å². The molecule has 1 aromatic carbocycles. The number of anilines is 1. The van der Waals surface area contributed by atoms with Gasteiger partial charge in [0.2, 0.25) is 0 Å². The van der Waals surface area contributed by atoms with Gasteiger partial charge in [-0.15, -0.1) is 0 Å². The Bertz CT molecular complexity index is 523. The van der Waals surface area contributed by atoms with Gasteiger partial charge in [0.1, 0.15) is 0 Å². The molecule has 0 atom stereocenters. The van der Waals surface area contributed by atoms with Gasteiger partial charge in [-0.1, -0.05) is 23.2 Å². The minimum atomic E-state index is 0.471. The first-order valence-corrected chi connectivity index (χ1v) is 5.48. The van der Waals surface area contributed by atoms with Gasteiger partial charge in [0.15, 0.2) is 5.76 Å². The lowest BCUT2D eigenvalue weighted by Gasteiger charge is -2.01. The first-order valence-electron chi connectivity index (χ1n) is 4.72. The maximum Gasteiger partial charge on any atom is 0.295 e. The van der Waals surface area contributed by atoms with Crippen LogP contribution in [0.5, 0.6) is 0 Å². The quantitative estimate of drug-likeness (QED) is 0.883. The van der Waals surface area contributed by atoms with Gasteiger partial charge in [-0.05, 0) is 25.1 Å². The second kappa shape index (κ2) is 4.36. The fourth-order valence-electron chi connectivity index (χ4n) is 1.43. The summed E-state index contributed by atoms with van der Waals surface area (Å²) in [7, 11) is 1.75. The zero-order valence-electron chi connectivity index (χ0n) is 8.84. The Kier molecular flexibility index (Phi) is 3.08. The van der Waals surface area contributed by atoms with Gasteiger partial charge in [-0.25, -0.2) is 0 Å². The second-order valence-corrected chi connectivity index (χ2v) is 4.15. The molecule has 3 nitrogen and oxygen atoms in total. The molecule has 2 aromatic rings. The van der Waals surface area contributed by atoms with E-state index in [1.165, 1.54) is 0 Å². The molecule has 5 heteroatoms. The molecule has 1 aromatic heterocycles. The van der Waals surface area contributed by atoms with Crippen LogP contribution in [0.25, 0.3) is 11.3 Å². The number of nitrogens with zero attached hydrogens (tertiary/aromatic N) is 1. The summed E-state index contributed by atoms with van der Waals surface area (Å²) < 4.78 is 5.52. The van der Waals surface area contributed by atoms with Crippen LogP contribution >= 0.6 is 23.2 Å². The van der Waals surface area contributed by atoms with Crippen LogP contribution < -0.4 is 5.32 Å². The largest absolute Gasteiger partial charge is 0.423 e. The number of aryl methyl sites for hydroxylation is 1. The van der Waals surface area contributed by atoms with E-state index < -0.39 is 0 Å². The average molecular weight is 257 g/mol. The summed E-state index contributed by atoms with van der Waals surface area (Å²) >= 11 is 11.9. The Morgan fingerprint density at radius 2 is 2.06 bits per heavy atom. The number of nitrogens with one attached hydrogen (secondary N) is 1. The molecule has 0 radical (unpaired) electrons. The van der Waals surface area contributed by atoms with E-state index in [9.17, 15) is 0 Å². The van der Waals surface area contributed by atoms with E-state index >= 15 is 0 Å². The Hall–Kier alpha value is -1.19. The van der Waals surface area contributed by atoms with Crippen LogP contribution in [-0.2, 0) is 0 Å². The summed E-state index contributed by atoms with van der Waals surface area (Å²) in [5, 5.41) is 3.99. The van der Waals surface area contributed by atoms with Gasteiger partial charge in [-0.3, -0.25) is 0 Å². The zero-order valence-corrected chi connectivity index (χ0v) is 10.4. The Morgan fingerprint density at radius 3 is 2.62 bits per heavy atom. The van der Waals surface area contributed by atoms with Gasteiger partial charge in [0.25, 0.3) is 6.01 Å². The lowest BCUT2D eigenvalue weighted by atomic mass is 10.1. The van der Waals surface area contributed by atoms with Crippen LogP contribution in [0, 0.1) is 6.92 Å². The van der Waals surface area contributed by atoms with Gasteiger partial charge in [-0.2, -0.15) is 4.98 Å². The number of hydrogen-bond acceptors (Lipinski definition) is 3. The fourth-order valence-corrected chi connectivity index (χ4v) is 1.92. The minimum Gasteiger partial charge on any atom is -0.423 e. The number of hydrogen-bond donors (Lipinski definition) is 1. The van der Waals surface area contributed by atoms with E-state index in [-0.39, 0.29) is 0 Å². The third-order valence-electron chi connectivity index (χ3n) is 2.19. The highest BCUT2D eigenvalue weighted by Crippen LogP contribution is 2.33. The molecular formula is C11H10Cl2N2O. The molecule has 0 aliphatic rings. The molecule has 0 amide bonds. The van der Waals surface area contributed by atoms with Gasteiger partial charge in [0.05, 0.1) is 10.7 Å². The summed E-state index contributed by atoms with van der Waals surface area (Å²) in [6.45, 7) is 1.87. The first-order chi connectivity index (χ1) is 7.61. The summed E-state index contributed by atoms with van der Waals surface area (Å²) in [4.78, 5) is 4.20. The highest BCUT2D eigenvalue weighted by Gasteiger charge is 2.13. The van der Waals surface area contributed by atoms with Crippen LogP contribution in [0.2, 0.25) is 10.0 Å². The van der Waals surface area contributed by atoms with E-state index in [1.54, 1.807) is 19.2 Å². The van der Waals surface area contributed by atoms with Crippen molar-refractivity contribution >= 4 is 29.2 Å². The minimum absolute atomic E-state index is 0.471. The standard InChI is InChI=1S/C11H10Cl2N2O/c1-6-10(16-11(14-2)15-6)8-4-3-7(12)5-9(8)13/h3-5H,1-2H3,(H,14,15). The van der Waals surface area contributed by atoms with Crippen LogP contribution in [0.3, 0.4) is 0 Å².